The van der Waals surface area contributed by atoms with Gasteiger partial charge in [0.25, 0.3) is 0 Å². The summed E-state index contributed by atoms with van der Waals surface area (Å²) in [6.45, 7) is 2.75. The van der Waals surface area contributed by atoms with Crippen LogP contribution in [0.4, 0.5) is 0 Å². The van der Waals surface area contributed by atoms with E-state index in [9.17, 15) is 0 Å². The van der Waals surface area contributed by atoms with Crippen LogP contribution in [0.25, 0.3) is 10.1 Å². The average Bonchev–Trinajstić information content (AvgIpc) is 2.59. The van der Waals surface area contributed by atoms with E-state index >= 15 is 0 Å². The van der Waals surface area contributed by atoms with Gasteiger partial charge in [-0.1, -0.05) is 24.6 Å². The number of halogens is 1. The van der Waals surface area contributed by atoms with Gasteiger partial charge >= 0.3 is 0 Å². The van der Waals surface area contributed by atoms with E-state index in [1.807, 2.05) is 18.2 Å². The van der Waals surface area contributed by atoms with Gasteiger partial charge in [-0.05, 0) is 30.1 Å². The van der Waals surface area contributed by atoms with Crippen molar-refractivity contribution in [3.63, 3.8) is 0 Å². The molecule has 0 aliphatic rings. The third-order valence-electron chi connectivity index (χ3n) is 1.86. The lowest BCUT2D eigenvalue weighted by Gasteiger charge is -2.00. The Morgan fingerprint density at radius 2 is 2.36 bits per heavy atom. The Morgan fingerprint density at radius 3 is 3.14 bits per heavy atom. The number of rotatable bonds is 3. The third-order valence-corrected chi connectivity index (χ3v) is 2.97. The maximum atomic E-state index is 6.07. The van der Waals surface area contributed by atoms with Gasteiger partial charge in [0.1, 0.15) is 0 Å². The number of aromatic nitrogens is 1. The van der Waals surface area contributed by atoms with Gasteiger partial charge in [0.05, 0.1) is 21.7 Å². The maximum Gasteiger partial charge on any atom is 0.234 e. The van der Waals surface area contributed by atoms with Crippen LogP contribution in [0.3, 0.4) is 0 Å². The van der Waals surface area contributed by atoms with Crippen LogP contribution >= 0.6 is 23.1 Å². The minimum absolute atomic E-state index is 0.664. The first-order chi connectivity index (χ1) is 6.83. The molecule has 2 nitrogen and oxygen atoms in total. The SMILES string of the molecule is CCCOc1nsc2cccc(Cl)c12. The van der Waals surface area contributed by atoms with Crippen molar-refractivity contribution in [3.05, 3.63) is 23.2 Å². The lowest BCUT2D eigenvalue weighted by molar-refractivity contribution is 0.312. The second-order valence-electron chi connectivity index (χ2n) is 2.95. The molecular formula is C10H10ClNOS. The fourth-order valence-corrected chi connectivity index (χ4v) is 2.29. The topological polar surface area (TPSA) is 22.1 Å². The molecule has 1 heterocycles. The molecule has 0 aliphatic carbocycles. The highest BCUT2D eigenvalue weighted by molar-refractivity contribution is 7.13. The van der Waals surface area contributed by atoms with Gasteiger partial charge in [0.2, 0.25) is 5.88 Å². The minimum atomic E-state index is 0.664. The van der Waals surface area contributed by atoms with Gasteiger partial charge < -0.3 is 4.74 Å². The van der Waals surface area contributed by atoms with Crippen LogP contribution in [0.15, 0.2) is 18.2 Å². The summed E-state index contributed by atoms with van der Waals surface area (Å²) in [5.41, 5.74) is 0. The molecule has 0 fully saturated rings. The number of benzene rings is 1. The van der Waals surface area contributed by atoms with Crippen LogP contribution < -0.4 is 4.74 Å². The van der Waals surface area contributed by atoms with E-state index in [2.05, 4.69) is 11.3 Å². The first-order valence-corrected chi connectivity index (χ1v) is 5.64. The Kier molecular flexibility index (Phi) is 2.89. The van der Waals surface area contributed by atoms with Crippen molar-refractivity contribution in [2.24, 2.45) is 0 Å². The predicted octanol–water partition coefficient (Wildman–Crippen LogP) is 3.74. The van der Waals surface area contributed by atoms with Crippen LogP contribution in [-0.2, 0) is 0 Å². The number of ether oxygens (including phenoxy) is 1. The van der Waals surface area contributed by atoms with Crippen molar-refractivity contribution in [2.75, 3.05) is 6.61 Å². The molecule has 0 aliphatic heterocycles. The first-order valence-electron chi connectivity index (χ1n) is 4.49. The maximum absolute atomic E-state index is 6.07. The Hall–Kier alpha value is -0.800. The summed E-state index contributed by atoms with van der Waals surface area (Å²) in [5.74, 6) is 0.664. The van der Waals surface area contributed by atoms with Crippen LogP contribution in [0.5, 0.6) is 5.88 Å². The Labute approximate surface area is 91.6 Å². The number of fused-ring (bicyclic) bond motifs is 1. The first kappa shape index (κ1) is 9.74. The number of hydrogen-bond acceptors (Lipinski definition) is 3. The number of hydrogen-bond donors (Lipinski definition) is 0. The molecule has 2 rings (SSSR count). The molecule has 0 atom stereocenters. The van der Waals surface area contributed by atoms with Gasteiger partial charge in [-0.15, -0.1) is 0 Å². The van der Waals surface area contributed by atoms with Crippen LogP contribution in [0.2, 0.25) is 5.02 Å². The molecule has 1 aromatic carbocycles. The van der Waals surface area contributed by atoms with Crippen molar-refractivity contribution >= 4 is 33.2 Å². The molecule has 0 amide bonds. The highest BCUT2D eigenvalue weighted by Gasteiger charge is 2.09. The van der Waals surface area contributed by atoms with Gasteiger partial charge in [-0.2, -0.15) is 4.37 Å². The zero-order chi connectivity index (χ0) is 9.97. The Balaban J connectivity index is 2.45. The summed E-state index contributed by atoms with van der Waals surface area (Å²) in [7, 11) is 0. The van der Waals surface area contributed by atoms with E-state index in [0.717, 1.165) is 16.5 Å². The molecule has 0 unspecified atom stereocenters. The molecule has 0 bridgehead atoms. The molecule has 0 radical (unpaired) electrons. The van der Waals surface area contributed by atoms with Crippen LogP contribution in [0.1, 0.15) is 13.3 Å². The molecule has 74 valence electrons. The monoisotopic (exact) mass is 227 g/mol. The molecule has 14 heavy (non-hydrogen) atoms. The minimum Gasteiger partial charge on any atom is -0.477 e. The molecular weight excluding hydrogens is 218 g/mol. The zero-order valence-corrected chi connectivity index (χ0v) is 9.36. The molecule has 0 spiro atoms. The largest absolute Gasteiger partial charge is 0.477 e. The standard InChI is InChI=1S/C10H10ClNOS/c1-2-6-13-10-9-7(11)4-3-5-8(9)14-12-10/h3-5H,2,6H2,1H3. The second-order valence-corrected chi connectivity index (χ2v) is 4.16. The van der Waals surface area contributed by atoms with E-state index in [-0.39, 0.29) is 0 Å². The van der Waals surface area contributed by atoms with Crippen molar-refractivity contribution in [3.8, 4) is 5.88 Å². The van der Waals surface area contributed by atoms with Gasteiger partial charge in [0, 0.05) is 0 Å². The van der Waals surface area contributed by atoms with E-state index < -0.39 is 0 Å². The Morgan fingerprint density at radius 1 is 1.50 bits per heavy atom. The summed E-state index contributed by atoms with van der Waals surface area (Å²) in [6.07, 6.45) is 0.976. The van der Waals surface area contributed by atoms with Gasteiger partial charge in [-0.3, -0.25) is 0 Å². The fourth-order valence-electron chi connectivity index (χ4n) is 1.22. The van der Waals surface area contributed by atoms with E-state index in [4.69, 9.17) is 16.3 Å². The van der Waals surface area contributed by atoms with E-state index in [0.29, 0.717) is 17.5 Å². The lowest BCUT2D eigenvalue weighted by Crippen LogP contribution is -1.95. The fraction of sp³-hybridized carbons (Fsp3) is 0.300. The van der Waals surface area contributed by atoms with Gasteiger partial charge in [0.15, 0.2) is 0 Å². The normalized spacial score (nSPS) is 10.7. The van der Waals surface area contributed by atoms with E-state index in [1.165, 1.54) is 11.5 Å². The third kappa shape index (κ3) is 1.70. The second kappa shape index (κ2) is 4.15. The Bertz CT molecular complexity index is 441. The molecule has 2 aromatic rings. The summed E-state index contributed by atoms with van der Waals surface area (Å²) >= 11 is 7.49. The van der Waals surface area contributed by atoms with Crippen molar-refractivity contribution < 1.29 is 4.74 Å². The summed E-state index contributed by atoms with van der Waals surface area (Å²) in [4.78, 5) is 0. The molecule has 1 aromatic heterocycles. The van der Waals surface area contributed by atoms with Crippen LogP contribution in [-0.4, -0.2) is 11.0 Å². The van der Waals surface area contributed by atoms with Crippen molar-refractivity contribution in [2.45, 2.75) is 13.3 Å². The molecule has 0 saturated heterocycles. The smallest absolute Gasteiger partial charge is 0.234 e. The average molecular weight is 228 g/mol. The van der Waals surface area contributed by atoms with Crippen LogP contribution in [0, 0.1) is 0 Å². The molecule has 4 heteroatoms. The summed E-state index contributed by atoms with van der Waals surface area (Å²) in [5, 5.41) is 1.65. The van der Waals surface area contributed by atoms with Crippen molar-refractivity contribution in [1.29, 1.82) is 0 Å². The summed E-state index contributed by atoms with van der Waals surface area (Å²) in [6, 6.07) is 5.78. The quantitative estimate of drug-likeness (QED) is 0.797. The summed E-state index contributed by atoms with van der Waals surface area (Å²) < 4.78 is 10.8. The number of nitrogens with zero attached hydrogens (tertiary/aromatic N) is 1. The highest BCUT2D eigenvalue weighted by atomic mass is 35.5. The van der Waals surface area contributed by atoms with Gasteiger partial charge in [-0.25, -0.2) is 0 Å². The predicted molar refractivity (Wildman–Crippen MR) is 60.4 cm³/mol. The lowest BCUT2D eigenvalue weighted by atomic mass is 10.3. The van der Waals surface area contributed by atoms with E-state index in [1.54, 1.807) is 0 Å². The highest BCUT2D eigenvalue weighted by Crippen LogP contribution is 2.34. The molecule has 0 saturated carbocycles. The molecule has 0 N–H and O–H groups in total. The van der Waals surface area contributed by atoms with Crippen molar-refractivity contribution in [1.82, 2.24) is 4.37 Å². The zero-order valence-electron chi connectivity index (χ0n) is 7.79.